The van der Waals surface area contributed by atoms with Gasteiger partial charge in [-0.05, 0) is 92.2 Å². The summed E-state index contributed by atoms with van der Waals surface area (Å²) in [6.45, 7) is 2.01. The van der Waals surface area contributed by atoms with Crippen LogP contribution < -0.4 is 19.3 Å². The number of anilines is 2. The molecule has 1 aromatic heterocycles. The first-order chi connectivity index (χ1) is 21.3. The van der Waals surface area contributed by atoms with Gasteiger partial charge in [-0.3, -0.25) is 9.59 Å². The van der Waals surface area contributed by atoms with Crippen LogP contribution in [0.15, 0.2) is 66.9 Å². The standard InChI is InChI=1S/C35H40FN3O5/c1-43-28-9-10-29(34(42)39(23-35(36)14-15-35)27-5-3-2-4-6-27)31(20-28)38-17-12-24(13-18-38)22-44-32-19-26(11-16-37-32)30(21-33(40)41)25-7-8-25/h2-6,9-11,16,19-20,24-25,30H,7-8,12-15,17-18,21-23H2,1H3,(H,40,41). The molecule has 1 N–H and O–H groups in total. The number of rotatable bonds is 13. The van der Waals surface area contributed by atoms with Crippen LogP contribution in [0.1, 0.15) is 66.8 Å². The third-order valence-electron chi connectivity index (χ3n) is 9.18. The predicted octanol–water partition coefficient (Wildman–Crippen LogP) is 6.50. The Morgan fingerprint density at radius 3 is 2.48 bits per heavy atom. The lowest BCUT2D eigenvalue weighted by atomic mass is 9.92. The highest BCUT2D eigenvalue weighted by Crippen LogP contribution is 2.45. The van der Waals surface area contributed by atoms with Crippen LogP contribution in [0.5, 0.6) is 11.6 Å². The van der Waals surface area contributed by atoms with Gasteiger partial charge in [-0.2, -0.15) is 0 Å². The van der Waals surface area contributed by atoms with E-state index in [1.54, 1.807) is 30.3 Å². The first-order valence-corrected chi connectivity index (χ1v) is 15.6. The maximum Gasteiger partial charge on any atom is 0.303 e. The van der Waals surface area contributed by atoms with Crippen LogP contribution >= 0.6 is 0 Å². The molecule has 0 radical (unpaired) electrons. The molecule has 3 fully saturated rings. The molecule has 1 saturated heterocycles. The normalized spacial score (nSPS) is 18.4. The summed E-state index contributed by atoms with van der Waals surface area (Å²) < 4.78 is 26.6. The molecule has 2 heterocycles. The smallest absolute Gasteiger partial charge is 0.303 e. The van der Waals surface area contributed by atoms with Gasteiger partial charge in [0, 0.05) is 37.1 Å². The summed E-state index contributed by atoms with van der Waals surface area (Å²) in [5, 5.41) is 9.38. The van der Waals surface area contributed by atoms with Crippen molar-refractivity contribution in [2.24, 2.45) is 11.8 Å². The summed E-state index contributed by atoms with van der Waals surface area (Å²) in [7, 11) is 1.61. The Bertz CT molecular complexity index is 1470. The fraction of sp³-hybridized carbons (Fsp3) is 0.457. The van der Waals surface area contributed by atoms with Gasteiger partial charge in [0.15, 0.2) is 0 Å². The maximum atomic E-state index is 15.0. The van der Waals surface area contributed by atoms with E-state index >= 15 is 4.39 Å². The summed E-state index contributed by atoms with van der Waals surface area (Å²) in [6.07, 6.45) is 6.63. The monoisotopic (exact) mass is 601 g/mol. The molecule has 0 bridgehead atoms. The van der Waals surface area contributed by atoms with E-state index in [4.69, 9.17) is 9.47 Å². The largest absolute Gasteiger partial charge is 0.497 e. The molecule has 6 rings (SSSR count). The molecule has 2 saturated carbocycles. The lowest BCUT2D eigenvalue weighted by molar-refractivity contribution is -0.137. The molecule has 2 aromatic carbocycles. The van der Waals surface area contributed by atoms with Crippen molar-refractivity contribution in [2.45, 2.75) is 56.5 Å². The van der Waals surface area contributed by atoms with Crippen molar-refractivity contribution in [3.05, 3.63) is 78.0 Å². The van der Waals surface area contributed by atoms with Crippen molar-refractivity contribution in [1.29, 1.82) is 0 Å². The second-order valence-electron chi connectivity index (χ2n) is 12.5. The van der Waals surface area contributed by atoms with Gasteiger partial charge in [-0.1, -0.05) is 18.2 Å². The number of methoxy groups -OCH3 is 1. The number of pyridine rings is 1. The summed E-state index contributed by atoms with van der Waals surface area (Å²) >= 11 is 0. The summed E-state index contributed by atoms with van der Waals surface area (Å²) in [6, 6.07) is 18.6. The van der Waals surface area contributed by atoms with Crippen LogP contribution in [0.3, 0.4) is 0 Å². The number of benzene rings is 2. The molecule has 8 nitrogen and oxygen atoms in total. The molecule has 3 aliphatic rings. The number of carbonyl (C=O) groups is 2. The van der Waals surface area contributed by atoms with E-state index in [-0.39, 0.29) is 24.8 Å². The molecule has 3 aromatic rings. The SMILES string of the molecule is COc1ccc(C(=O)N(CC2(F)CC2)c2ccccc2)c(N2CCC(COc3cc(C(CC(=O)O)C4CC4)ccn3)CC2)c1. The number of alkyl halides is 1. The zero-order chi connectivity index (χ0) is 30.7. The number of aliphatic carboxylic acids is 1. The van der Waals surface area contributed by atoms with Gasteiger partial charge in [0.2, 0.25) is 5.88 Å². The van der Waals surface area contributed by atoms with E-state index in [1.807, 2.05) is 48.5 Å². The Morgan fingerprint density at radius 2 is 1.82 bits per heavy atom. The van der Waals surface area contributed by atoms with Crippen LogP contribution in [0.4, 0.5) is 15.8 Å². The minimum Gasteiger partial charge on any atom is -0.497 e. The second kappa shape index (κ2) is 12.8. The molecule has 1 atom stereocenters. The van der Waals surface area contributed by atoms with Gasteiger partial charge in [0.1, 0.15) is 11.4 Å². The van der Waals surface area contributed by atoms with Crippen molar-refractivity contribution in [3.8, 4) is 11.6 Å². The number of hydrogen-bond acceptors (Lipinski definition) is 6. The average Bonchev–Trinajstić information content (AvgIpc) is 4.00. The number of piperidine rings is 1. The predicted molar refractivity (Wildman–Crippen MR) is 167 cm³/mol. The molecule has 1 amide bonds. The fourth-order valence-corrected chi connectivity index (χ4v) is 6.21. The van der Waals surface area contributed by atoms with Crippen molar-refractivity contribution < 1.29 is 28.6 Å². The quantitative estimate of drug-likeness (QED) is 0.239. The Hall–Kier alpha value is -4.14. The first kappa shape index (κ1) is 29.9. The first-order valence-electron chi connectivity index (χ1n) is 15.6. The second-order valence-corrected chi connectivity index (χ2v) is 12.5. The van der Waals surface area contributed by atoms with E-state index < -0.39 is 11.6 Å². The van der Waals surface area contributed by atoms with Gasteiger partial charge >= 0.3 is 5.97 Å². The zero-order valence-corrected chi connectivity index (χ0v) is 25.2. The number of para-hydroxylation sites is 1. The van der Waals surface area contributed by atoms with Crippen molar-refractivity contribution >= 4 is 23.3 Å². The maximum absolute atomic E-state index is 15.0. The van der Waals surface area contributed by atoms with E-state index in [0.717, 1.165) is 50.0 Å². The molecule has 0 spiro atoms. The third kappa shape index (κ3) is 7.14. The minimum atomic E-state index is -1.33. The number of nitrogens with zero attached hydrogens (tertiary/aromatic N) is 3. The van der Waals surface area contributed by atoms with Gasteiger partial charge in [-0.25, -0.2) is 9.37 Å². The van der Waals surface area contributed by atoms with Crippen molar-refractivity contribution in [2.75, 3.05) is 43.2 Å². The Morgan fingerprint density at radius 1 is 1.07 bits per heavy atom. The van der Waals surface area contributed by atoms with E-state index in [1.165, 1.54) is 0 Å². The minimum absolute atomic E-state index is 0.00149. The van der Waals surface area contributed by atoms with Crippen LogP contribution in [-0.2, 0) is 4.79 Å². The Labute approximate surface area is 257 Å². The van der Waals surface area contributed by atoms with Gasteiger partial charge < -0.3 is 24.4 Å². The molecule has 9 heteroatoms. The Balaban J connectivity index is 1.12. The van der Waals surface area contributed by atoms with Crippen molar-refractivity contribution in [3.63, 3.8) is 0 Å². The number of amides is 1. The number of hydrogen-bond donors (Lipinski definition) is 1. The lowest BCUT2D eigenvalue weighted by Crippen LogP contribution is -2.40. The number of aromatic nitrogens is 1. The molecular weight excluding hydrogens is 561 g/mol. The van der Waals surface area contributed by atoms with E-state index in [2.05, 4.69) is 9.88 Å². The topological polar surface area (TPSA) is 92.2 Å². The molecule has 2 aliphatic carbocycles. The van der Waals surface area contributed by atoms with Crippen LogP contribution in [0.25, 0.3) is 0 Å². The number of halogens is 1. The Kier molecular flexibility index (Phi) is 8.73. The fourth-order valence-electron chi connectivity index (χ4n) is 6.21. The summed E-state index contributed by atoms with van der Waals surface area (Å²) in [4.78, 5) is 33.6. The lowest BCUT2D eigenvalue weighted by Gasteiger charge is -2.35. The summed E-state index contributed by atoms with van der Waals surface area (Å²) in [5.41, 5.74) is 1.65. The van der Waals surface area contributed by atoms with Gasteiger partial charge in [0.05, 0.1) is 37.9 Å². The van der Waals surface area contributed by atoms with Gasteiger partial charge in [0.25, 0.3) is 5.91 Å². The highest BCUT2D eigenvalue weighted by Gasteiger charge is 2.46. The number of carboxylic acid groups (broad SMARTS) is 1. The third-order valence-corrected chi connectivity index (χ3v) is 9.18. The molecule has 1 unspecified atom stereocenters. The highest BCUT2D eigenvalue weighted by atomic mass is 19.1. The van der Waals surface area contributed by atoms with E-state index in [9.17, 15) is 14.7 Å². The number of ether oxygens (including phenoxy) is 2. The number of carboxylic acids is 1. The highest BCUT2D eigenvalue weighted by molar-refractivity contribution is 6.10. The van der Waals surface area contributed by atoms with Crippen LogP contribution in [0.2, 0.25) is 0 Å². The molecule has 1 aliphatic heterocycles. The number of carbonyl (C=O) groups excluding carboxylic acids is 1. The summed E-state index contributed by atoms with van der Waals surface area (Å²) in [5.74, 6) is 0.919. The molecule has 44 heavy (non-hydrogen) atoms. The van der Waals surface area contributed by atoms with Gasteiger partial charge in [-0.15, -0.1) is 0 Å². The zero-order valence-electron chi connectivity index (χ0n) is 25.2. The molecule has 232 valence electrons. The van der Waals surface area contributed by atoms with Crippen LogP contribution in [-0.4, -0.2) is 61.0 Å². The average molecular weight is 602 g/mol. The van der Waals surface area contributed by atoms with Crippen molar-refractivity contribution in [1.82, 2.24) is 4.98 Å². The molecular formula is C35H40FN3O5. The van der Waals surface area contributed by atoms with Crippen LogP contribution in [0, 0.1) is 11.8 Å². The van der Waals surface area contributed by atoms with E-state index in [0.29, 0.717) is 54.2 Å².